The summed E-state index contributed by atoms with van der Waals surface area (Å²) in [6.45, 7) is 3.64. The number of rotatable bonds is 5. The molecule has 0 radical (unpaired) electrons. The Labute approximate surface area is 151 Å². The Morgan fingerprint density at radius 1 is 1.00 bits per heavy atom. The van der Waals surface area contributed by atoms with Crippen LogP contribution in [-0.2, 0) is 4.79 Å². The minimum absolute atomic E-state index is 0.0901. The van der Waals surface area contributed by atoms with Gasteiger partial charge < -0.3 is 5.32 Å². The summed E-state index contributed by atoms with van der Waals surface area (Å²) in [6.07, 6.45) is 7.67. The summed E-state index contributed by atoms with van der Waals surface area (Å²) in [5.41, 5.74) is 0.809. The van der Waals surface area contributed by atoms with Crippen LogP contribution in [0.1, 0.15) is 62.2 Å². The minimum Gasteiger partial charge on any atom is -0.352 e. The standard InChI is InChI=1S/C21H30N2O2/c1-16(21(25)22-19-10-6-3-7-11-19)23-14-12-18(13-15-23)20(24)17-8-4-2-5-9-17/h2,4-5,8-9,16,18-19H,3,6-7,10-15H2,1H3,(H,22,25)/t16-/m0/s1. The molecule has 3 rings (SSSR count). The van der Waals surface area contributed by atoms with Crippen LogP contribution in [0.25, 0.3) is 0 Å². The van der Waals surface area contributed by atoms with Gasteiger partial charge in [-0.05, 0) is 45.7 Å². The zero-order valence-electron chi connectivity index (χ0n) is 15.2. The van der Waals surface area contributed by atoms with E-state index in [1.54, 1.807) is 0 Å². The maximum atomic E-state index is 12.6. The molecule has 1 aliphatic carbocycles. The number of hydrogen-bond donors (Lipinski definition) is 1. The lowest BCUT2D eigenvalue weighted by molar-refractivity contribution is -0.127. The first-order valence-corrected chi connectivity index (χ1v) is 9.79. The van der Waals surface area contributed by atoms with Crippen LogP contribution >= 0.6 is 0 Å². The second-order valence-corrected chi connectivity index (χ2v) is 7.56. The number of hydrogen-bond acceptors (Lipinski definition) is 3. The van der Waals surface area contributed by atoms with Crippen LogP contribution < -0.4 is 5.32 Å². The predicted octanol–water partition coefficient (Wildman–Crippen LogP) is 3.42. The van der Waals surface area contributed by atoms with Gasteiger partial charge in [0.25, 0.3) is 0 Å². The van der Waals surface area contributed by atoms with E-state index in [1.807, 2.05) is 37.3 Å². The number of Topliss-reactive ketones (excluding diaryl/α,β-unsaturated/α-hetero) is 1. The maximum Gasteiger partial charge on any atom is 0.237 e. The van der Waals surface area contributed by atoms with Gasteiger partial charge in [-0.1, -0.05) is 49.6 Å². The molecule has 1 saturated heterocycles. The van der Waals surface area contributed by atoms with E-state index in [0.717, 1.165) is 44.3 Å². The highest BCUT2D eigenvalue weighted by molar-refractivity contribution is 5.97. The Morgan fingerprint density at radius 2 is 1.64 bits per heavy atom. The molecule has 0 unspecified atom stereocenters. The number of carbonyl (C=O) groups is 2. The third-order valence-electron chi connectivity index (χ3n) is 5.84. The van der Waals surface area contributed by atoms with Crippen molar-refractivity contribution in [1.29, 1.82) is 0 Å². The van der Waals surface area contributed by atoms with Gasteiger partial charge in [0.15, 0.2) is 5.78 Å². The van der Waals surface area contributed by atoms with Crippen LogP contribution in [0, 0.1) is 5.92 Å². The first-order chi connectivity index (χ1) is 12.1. The number of likely N-dealkylation sites (tertiary alicyclic amines) is 1. The lowest BCUT2D eigenvalue weighted by Crippen LogP contribution is -2.51. The van der Waals surface area contributed by atoms with Gasteiger partial charge >= 0.3 is 0 Å². The van der Waals surface area contributed by atoms with Gasteiger partial charge in [0.05, 0.1) is 6.04 Å². The zero-order chi connectivity index (χ0) is 17.6. The number of amides is 1. The van der Waals surface area contributed by atoms with E-state index < -0.39 is 0 Å². The molecule has 0 spiro atoms. The van der Waals surface area contributed by atoms with E-state index in [-0.39, 0.29) is 23.7 Å². The van der Waals surface area contributed by atoms with Crippen LogP contribution in [0.4, 0.5) is 0 Å². The van der Waals surface area contributed by atoms with Gasteiger partial charge in [-0.25, -0.2) is 0 Å². The average Bonchev–Trinajstić information content (AvgIpc) is 2.68. The van der Waals surface area contributed by atoms with Crippen LogP contribution in [0.2, 0.25) is 0 Å². The fraction of sp³-hybridized carbons (Fsp3) is 0.619. The Hall–Kier alpha value is -1.68. The number of nitrogens with zero attached hydrogens (tertiary/aromatic N) is 1. The fourth-order valence-corrected chi connectivity index (χ4v) is 4.12. The molecule has 4 heteroatoms. The first-order valence-electron chi connectivity index (χ1n) is 9.79. The molecule has 1 amide bonds. The van der Waals surface area contributed by atoms with Crippen LogP contribution in [0.3, 0.4) is 0 Å². The van der Waals surface area contributed by atoms with E-state index in [0.29, 0.717) is 6.04 Å². The predicted molar refractivity (Wildman–Crippen MR) is 99.5 cm³/mol. The van der Waals surface area contributed by atoms with Gasteiger partial charge in [-0.3, -0.25) is 14.5 Å². The number of benzene rings is 1. The average molecular weight is 342 g/mol. The van der Waals surface area contributed by atoms with Crippen LogP contribution in [-0.4, -0.2) is 41.8 Å². The van der Waals surface area contributed by atoms with Crippen molar-refractivity contribution >= 4 is 11.7 Å². The molecule has 1 aliphatic heterocycles. The summed E-state index contributed by atoms with van der Waals surface area (Å²) in [5, 5.41) is 3.23. The van der Waals surface area contributed by atoms with E-state index >= 15 is 0 Å². The Balaban J connectivity index is 1.47. The summed E-state index contributed by atoms with van der Waals surface area (Å²) in [6, 6.07) is 9.83. The highest BCUT2D eigenvalue weighted by Gasteiger charge is 2.30. The molecule has 1 saturated carbocycles. The van der Waals surface area contributed by atoms with Gasteiger partial charge in [0.2, 0.25) is 5.91 Å². The molecule has 1 atom stereocenters. The van der Waals surface area contributed by atoms with E-state index in [2.05, 4.69) is 10.2 Å². The molecular weight excluding hydrogens is 312 g/mol. The summed E-state index contributed by atoms with van der Waals surface area (Å²) in [4.78, 5) is 27.3. The molecule has 1 N–H and O–H groups in total. The summed E-state index contributed by atoms with van der Waals surface area (Å²) in [5.74, 6) is 0.492. The van der Waals surface area contributed by atoms with Crippen molar-refractivity contribution in [3.63, 3.8) is 0 Å². The van der Waals surface area contributed by atoms with E-state index in [4.69, 9.17) is 0 Å². The lowest BCUT2D eigenvalue weighted by atomic mass is 9.88. The SMILES string of the molecule is C[C@@H](C(=O)NC1CCCCC1)N1CCC(C(=O)c2ccccc2)CC1. The Kier molecular flexibility index (Phi) is 6.24. The smallest absolute Gasteiger partial charge is 0.237 e. The molecule has 1 aromatic carbocycles. The number of ketones is 1. The molecule has 2 aliphatic rings. The van der Waals surface area contributed by atoms with Crippen molar-refractivity contribution < 1.29 is 9.59 Å². The van der Waals surface area contributed by atoms with E-state index in [9.17, 15) is 9.59 Å². The molecule has 136 valence electrons. The van der Waals surface area contributed by atoms with Crippen LogP contribution in [0.5, 0.6) is 0 Å². The van der Waals surface area contributed by atoms with Gasteiger partial charge in [0, 0.05) is 17.5 Å². The van der Waals surface area contributed by atoms with Gasteiger partial charge in [-0.15, -0.1) is 0 Å². The molecular formula is C21H30N2O2. The maximum absolute atomic E-state index is 12.6. The van der Waals surface area contributed by atoms with Crippen LogP contribution in [0.15, 0.2) is 30.3 Å². The third kappa shape index (κ3) is 4.69. The zero-order valence-corrected chi connectivity index (χ0v) is 15.2. The topological polar surface area (TPSA) is 49.4 Å². The normalized spacial score (nSPS) is 21.6. The second-order valence-electron chi connectivity index (χ2n) is 7.56. The Bertz CT molecular complexity index is 573. The molecule has 2 fully saturated rings. The monoisotopic (exact) mass is 342 g/mol. The number of nitrogens with one attached hydrogen (secondary N) is 1. The Morgan fingerprint density at radius 3 is 2.28 bits per heavy atom. The highest BCUT2D eigenvalue weighted by Crippen LogP contribution is 2.23. The molecule has 25 heavy (non-hydrogen) atoms. The second kappa shape index (κ2) is 8.61. The van der Waals surface area contributed by atoms with Gasteiger partial charge in [-0.2, -0.15) is 0 Å². The summed E-state index contributed by atoms with van der Waals surface area (Å²) >= 11 is 0. The summed E-state index contributed by atoms with van der Waals surface area (Å²) in [7, 11) is 0. The highest BCUT2D eigenvalue weighted by atomic mass is 16.2. The van der Waals surface area contributed by atoms with Crippen molar-refractivity contribution in [3.8, 4) is 0 Å². The van der Waals surface area contributed by atoms with Crippen molar-refractivity contribution in [2.45, 2.75) is 64.0 Å². The van der Waals surface area contributed by atoms with Crippen molar-refractivity contribution in [2.75, 3.05) is 13.1 Å². The molecule has 1 aromatic rings. The minimum atomic E-state index is -0.102. The quantitative estimate of drug-likeness (QED) is 0.834. The third-order valence-corrected chi connectivity index (χ3v) is 5.84. The molecule has 4 nitrogen and oxygen atoms in total. The van der Waals surface area contributed by atoms with Crippen molar-refractivity contribution in [1.82, 2.24) is 10.2 Å². The lowest BCUT2D eigenvalue weighted by Gasteiger charge is -2.35. The van der Waals surface area contributed by atoms with E-state index in [1.165, 1.54) is 19.3 Å². The fourth-order valence-electron chi connectivity index (χ4n) is 4.12. The molecule has 0 aromatic heterocycles. The van der Waals surface area contributed by atoms with Gasteiger partial charge in [0.1, 0.15) is 0 Å². The largest absolute Gasteiger partial charge is 0.352 e. The summed E-state index contributed by atoms with van der Waals surface area (Å²) < 4.78 is 0. The first kappa shape index (κ1) is 18.1. The van der Waals surface area contributed by atoms with Crippen molar-refractivity contribution in [2.24, 2.45) is 5.92 Å². The molecule has 1 heterocycles. The number of piperidine rings is 1. The molecule has 0 bridgehead atoms. The van der Waals surface area contributed by atoms with Crippen molar-refractivity contribution in [3.05, 3.63) is 35.9 Å². The number of carbonyl (C=O) groups excluding carboxylic acids is 2.